The van der Waals surface area contributed by atoms with E-state index in [9.17, 15) is 24.5 Å². The van der Waals surface area contributed by atoms with Gasteiger partial charge in [-0.15, -0.1) is 0 Å². The van der Waals surface area contributed by atoms with Crippen LogP contribution in [0.25, 0.3) is 6.08 Å². The molecule has 0 saturated carbocycles. The van der Waals surface area contributed by atoms with Crippen molar-refractivity contribution in [1.29, 1.82) is 0 Å². The molecule has 0 unspecified atom stereocenters. The van der Waals surface area contributed by atoms with E-state index in [1.807, 2.05) is 48.5 Å². The van der Waals surface area contributed by atoms with Crippen LogP contribution in [-0.2, 0) is 16.2 Å². The second kappa shape index (κ2) is 14.9. The van der Waals surface area contributed by atoms with E-state index >= 15 is 0 Å². The summed E-state index contributed by atoms with van der Waals surface area (Å²) in [6, 6.07) is 33.0. The molecule has 1 fully saturated rings. The first-order valence-electron chi connectivity index (χ1n) is 17.9. The van der Waals surface area contributed by atoms with Crippen LogP contribution in [0.15, 0.2) is 119 Å². The molecule has 8 rings (SSSR count). The van der Waals surface area contributed by atoms with Crippen molar-refractivity contribution in [2.24, 2.45) is 0 Å². The highest BCUT2D eigenvalue weighted by Gasteiger charge is 2.40. The summed E-state index contributed by atoms with van der Waals surface area (Å²) in [7, 11) is 1.45. The highest BCUT2D eigenvalue weighted by molar-refractivity contribution is 9.10. The van der Waals surface area contributed by atoms with Gasteiger partial charge in [-0.3, -0.25) is 25.0 Å². The topological polar surface area (TPSA) is 131 Å². The Morgan fingerprint density at radius 2 is 1.49 bits per heavy atom. The first-order valence-corrected chi connectivity index (χ1v) is 18.7. The van der Waals surface area contributed by atoms with Crippen LogP contribution < -0.4 is 24.6 Å². The molecule has 11 nitrogen and oxygen atoms in total. The summed E-state index contributed by atoms with van der Waals surface area (Å²) in [5.74, 6) is -0.864. The molecule has 5 aromatic carbocycles. The number of nitro groups is 1. The van der Waals surface area contributed by atoms with Gasteiger partial charge in [-0.1, -0.05) is 72.8 Å². The van der Waals surface area contributed by atoms with Crippen molar-refractivity contribution >= 4 is 56.9 Å². The van der Waals surface area contributed by atoms with Gasteiger partial charge in [0, 0.05) is 42.7 Å². The van der Waals surface area contributed by atoms with Crippen molar-refractivity contribution in [1.82, 2.24) is 5.32 Å². The molecular weight excluding hydrogens is 764 g/mol. The van der Waals surface area contributed by atoms with Gasteiger partial charge in [-0.05, 0) is 92.5 Å². The van der Waals surface area contributed by atoms with Crippen LogP contribution in [0.4, 0.5) is 21.9 Å². The molecule has 0 aliphatic carbocycles. The van der Waals surface area contributed by atoms with Crippen LogP contribution in [0.3, 0.4) is 0 Å². The highest BCUT2D eigenvalue weighted by atomic mass is 79.9. The van der Waals surface area contributed by atoms with Crippen molar-refractivity contribution in [3.8, 4) is 11.5 Å². The van der Waals surface area contributed by atoms with Gasteiger partial charge in [0.25, 0.3) is 17.5 Å². The third-order valence-electron chi connectivity index (χ3n) is 10.4. The number of hydrogen-bond acceptors (Lipinski definition) is 8. The Morgan fingerprint density at radius 1 is 0.855 bits per heavy atom. The van der Waals surface area contributed by atoms with Gasteiger partial charge in [0.2, 0.25) is 0 Å². The molecule has 55 heavy (non-hydrogen) atoms. The predicted molar refractivity (Wildman–Crippen MR) is 212 cm³/mol. The highest BCUT2D eigenvalue weighted by Crippen LogP contribution is 2.50. The van der Waals surface area contributed by atoms with Crippen LogP contribution in [0.5, 0.6) is 11.5 Å². The van der Waals surface area contributed by atoms with E-state index in [-0.39, 0.29) is 29.7 Å². The molecule has 2 atom stereocenters. The van der Waals surface area contributed by atoms with Crippen LogP contribution >= 0.6 is 15.9 Å². The van der Waals surface area contributed by atoms with Crippen molar-refractivity contribution in [2.75, 3.05) is 30.0 Å². The van der Waals surface area contributed by atoms with E-state index in [2.05, 4.69) is 50.4 Å². The lowest BCUT2D eigenvalue weighted by Gasteiger charge is -2.44. The Morgan fingerprint density at radius 3 is 2.09 bits per heavy atom. The molecule has 1 saturated heterocycles. The molecule has 3 aliphatic rings. The molecule has 4 amide bonds. The van der Waals surface area contributed by atoms with Crippen LogP contribution in [0.1, 0.15) is 58.1 Å². The minimum absolute atomic E-state index is 0.0197. The zero-order chi connectivity index (χ0) is 38.2. The maximum atomic E-state index is 14.4. The standard InChI is InChI=1S/C43H35BrN4O7/c1-54-38-22-27(21-37(44)40(38)55-25-26-9-8-14-30(19-26)48(52)53)20-36-41(49)45-43(51)47(42(36)50)31-23-34-32(28-10-4-2-5-11-28)15-17-46-18-16-33(35(24-31)39(34)46)29-12-6-3-7-13-29/h2-14,19-24,32-33H,15-18,25H2,1H3,(H,45,49,51)/b36-20+/t32-,33-/m1/s1. The Hall–Kier alpha value is -6.27. The van der Waals surface area contributed by atoms with Gasteiger partial charge in [0.05, 0.1) is 22.2 Å². The van der Waals surface area contributed by atoms with Crippen LogP contribution in [-0.4, -0.2) is 43.0 Å². The molecular formula is C43H35BrN4O7. The van der Waals surface area contributed by atoms with Crippen LogP contribution in [0.2, 0.25) is 0 Å². The smallest absolute Gasteiger partial charge is 0.335 e. The van der Waals surface area contributed by atoms with Crippen LogP contribution in [0, 0.1) is 10.1 Å². The Labute approximate surface area is 325 Å². The first-order chi connectivity index (χ1) is 26.7. The van der Waals surface area contributed by atoms with Crippen molar-refractivity contribution in [2.45, 2.75) is 31.3 Å². The van der Waals surface area contributed by atoms with Crippen molar-refractivity contribution < 1.29 is 28.8 Å². The average Bonchev–Trinajstić information content (AvgIpc) is 3.19. The van der Waals surface area contributed by atoms with Gasteiger partial charge in [-0.25, -0.2) is 9.69 Å². The number of amides is 4. The lowest BCUT2D eigenvalue weighted by molar-refractivity contribution is -0.384. The quantitative estimate of drug-likeness (QED) is 0.0680. The third kappa shape index (κ3) is 6.85. The number of hydrogen-bond donors (Lipinski definition) is 1. The Balaban J connectivity index is 1.17. The number of rotatable bonds is 9. The zero-order valence-electron chi connectivity index (χ0n) is 29.7. The van der Waals surface area contributed by atoms with Crippen molar-refractivity contribution in [3.05, 3.63) is 163 Å². The summed E-state index contributed by atoms with van der Waals surface area (Å²) >= 11 is 3.52. The van der Waals surface area contributed by atoms with E-state index in [1.165, 1.54) is 25.3 Å². The number of non-ortho nitro benzene ring substituents is 1. The molecule has 276 valence electrons. The maximum absolute atomic E-state index is 14.4. The lowest BCUT2D eigenvalue weighted by Crippen LogP contribution is -2.54. The largest absolute Gasteiger partial charge is 0.493 e. The summed E-state index contributed by atoms with van der Waals surface area (Å²) in [4.78, 5) is 55.6. The number of carbonyl (C=O) groups is 3. The molecule has 3 aliphatic heterocycles. The number of nitrogens with zero attached hydrogens (tertiary/aromatic N) is 3. The molecule has 0 aromatic heterocycles. The van der Waals surface area contributed by atoms with Gasteiger partial charge >= 0.3 is 6.03 Å². The molecule has 0 spiro atoms. The number of barbiturate groups is 1. The van der Waals surface area contributed by atoms with E-state index in [0.29, 0.717) is 32.8 Å². The zero-order valence-corrected chi connectivity index (χ0v) is 31.3. The molecule has 1 N–H and O–H groups in total. The number of methoxy groups -OCH3 is 1. The monoisotopic (exact) mass is 798 g/mol. The fraction of sp³-hybridized carbons (Fsp3) is 0.186. The number of imide groups is 2. The number of carbonyl (C=O) groups excluding carboxylic acids is 3. The summed E-state index contributed by atoms with van der Waals surface area (Å²) in [6.45, 7) is 1.80. The fourth-order valence-corrected chi connectivity index (χ4v) is 8.48. The predicted octanol–water partition coefficient (Wildman–Crippen LogP) is 8.49. The van der Waals surface area contributed by atoms with E-state index in [0.717, 1.165) is 58.8 Å². The van der Waals surface area contributed by atoms with E-state index < -0.39 is 22.8 Å². The normalized spacial score (nSPS) is 18.5. The van der Waals surface area contributed by atoms with Crippen molar-refractivity contribution in [3.63, 3.8) is 0 Å². The van der Waals surface area contributed by atoms with Gasteiger partial charge in [0.15, 0.2) is 11.5 Å². The number of nitro benzene ring substituents is 1. The number of benzene rings is 5. The molecule has 12 heteroatoms. The minimum Gasteiger partial charge on any atom is -0.493 e. The Kier molecular flexibility index (Phi) is 9.66. The molecule has 3 heterocycles. The Bertz CT molecular complexity index is 2310. The second-order valence-corrected chi connectivity index (χ2v) is 14.5. The number of nitrogens with one attached hydrogen (secondary N) is 1. The second-order valence-electron chi connectivity index (χ2n) is 13.7. The van der Waals surface area contributed by atoms with Gasteiger partial charge in [0.1, 0.15) is 12.2 Å². The summed E-state index contributed by atoms with van der Waals surface area (Å²) in [6.07, 6.45) is 3.17. The van der Waals surface area contributed by atoms with E-state index in [1.54, 1.807) is 24.3 Å². The summed E-state index contributed by atoms with van der Waals surface area (Å²) < 4.78 is 12.1. The number of ether oxygens (including phenoxy) is 2. The number of anilines is 2. The summed E-state index contributed by atoms with van der Waals surface area (Å²) in [5.41, 5.74) is 6.67. The maximum Gasteiger partial charge on any atom is 0.335 e. The average molecular weight is 800 g/mol. The van der Waals surface area contributed by atoms with Gasteiger partial charge < -0.3 is 14.4 Å². The first kappa shape index (κ1) is 35.7. The summed E-state index contributed by atoms with van der Waals surface area (Å²) in [5, 5.41) is 13.6. The SMILES string of the molecule is COc1cc(/C=C2\C(=O)NC(=O)N(c3cc4c5c(c3)[C@@H](c3ccccc3)CCN5CC[C@@H]4c3ccccc3)C2=O)cc(Br)c1OCc1cccc([N+](=O)[O-])c1. The third-order valence-corrected chi connectivity index (χ3v) is 11.0. The molecule has 5 aromatic rings. The lowest BCUT2D eigenvalue weighted by atomic mass is 9.76. The number of urea groups is 1. The van der Waals surface area contributed by atoms with E-state index in [4.69, 9.17) is 9.47 Å². The number of halogens is 1. The minimum atomic E-state index is -0.820. The fourth-order valence-electron chi connectivity index (χ4n) is 7.91. The van der Waals surface area contributed by atoms with Gasteiger partial charge in [-0.2, -0.15) is 0 Å². The molecule has 0 bridgehead atoms. The molecule has 0 radical (unpaired) electrons.